The Morgan fingerprint density at radius 3 is 2.53 bits per heavy atom. The van der Waals surface area contributed by atoms with Gasteiger partial charge in [-0.2, -0.15) is 0 Å². The van der Waals surface area contributed by atoms with Crippen LogP contribution >= 0.6 is 11.6 Å². The van der Waals surface area contributed by atoms with Crippen LogP contribution in [0.5, 0.6) is 5.75 Å². The number of amides is 1. The molecule has 3 aromatic rings. The van der Waals surface area contributed by atoms with Gasteiger partial charge in [-0.05, 0) is 79.6 Å². The highest BCUT2D eigenvalue weighted by molar-refractivity contribution is 7.92. The number of halogens is 2. The van der Waals surface area contributed by atoms with Gasteiger partial charge in [0.1, 0.15) is 11.6 Å². The molecule has 1 atom stereocenters. The molecule has 6 nitrogen and oxygen atoms in total. The zero-order valence-corrected chi connectivity index (χ0v) is 18.9. The van der Waals surface area contributed by atoms with Crippen LogP contribution in [0.1, 0.15) is 22.8 Å². The van der Waals surface area contributed by atoms with E-state index in [2.05, 4.69) is 5.32 Å². The number of nitrogens with zero attached hydrogens (tertiary/aromatic N) is 1. The first-order valence-electron chi connectivity index (χ1n) is 9.78. The molecule has 0 aliphatic carbocycles. The lowest BCUT2D eigenvalue weighted by Crippen LogP contribution is -2.35. The van der Waals surface area contributed by atoms with Gasteiger partial charge in [0, 0.05) is 16.6 Å². The third kappa shape index (κ3) is 4.03. The molecule has 0 aromatic heterocycles. The lowest BCUT2D eigenvalue weighted by molar-refractivity contribution is 0.102. The lowest BCUT2D eigenvalue weighted by Gasteiger charge is -2.24. The van der Waals surface area contributed by atoms with Crippen molar-refractivity contribution in [3.05, 3.63) is 82.6 Å². The quantitative estimate of drug-likeness (QED) is 0.571. The average molecular weight is 475 g/mol. The Balaban J connectivity index is 1.64. The molecule has 0 spiro atoms. The topological polar surface area (TPSA) is 75.7 Å². The highest BCUT2D eigenvalue weighted by Gasteiger charge is 2.36. The highest BCUT2D eigenvalue weighted by Crippen LogP contribution is 2.37. The summed E-state index contributed by atoms with van der Waals surface area (Å²) >= 11 is 6.02. The van der Waals surface area contributed by atoms with Gasteiger partial charge in [-0.3, -0.25) is 9.10 Å². The molecule has 166 valence electrons. The van der Waals surface area contributed by atoms with Crippen LogP contribution in [0.15, 0.2) is 65.6 Å². The second-order valence-corrected chi connectivity index (χ2v) is 9.70. The fourth-order valence-electron chi connectivity index (χ4n) is 3.80. The van der Waals surface area contributed by atoms with E-state index in [9.17, 15) is 17.6 Å². The van der Waals surface area contributed by atoms with Gasteiger partial charge in [0.15, 0.2) is 0 Å². The van der Waals surface area contributed by atoms with Gasteiger partial charge in [-0.15, -0.1) is 0 Å². The van der Waals surface area contributed by atoms with Gasteiger partial charge in [0.2, 0.25) is 0 Å². The standard InChI is InChI=1S/C23H20ClFN2O4S/c1-14-11-16-12-15(23(28)26-20-13-17(24)4-10-22(20)31-2)3-9-21(16)27(14)32(29,30)19-7-5-18(25)6-8-19/h3-10,12-14H,11H2,1-2H3,(H,26,28)/t14-/m1/s1. The van der Waals surface area contributed by atoms with E-state index in [0.29, 0.717) is 34.1 Å². The van der Waals surface area contributed by atoms with Crippen molar-refractivity contribution in [2.45, 2.75) is 24.3 Å². The van der Waals surface area contributed by atoms with E-state index in [1.807, 2.05) is 0 Å². The first-order valence-corrected chi connectivity index (χ1v) is 11.6. The summed E-state index contributed by atoms with van der Waals surface area (Å²) in [7, 11) is -2.39. The second kappa shape index (κ2) is 8.44. The van der Waals surface area contributed by atoms with Crippen molar-refractivity contribution in [3.63, 3.8) is 0 Å². The van der Waals surface area contributed by atoms with Crippen LogP contribution in [0.25, 0.3) is 0 Å². The number of carbonyl (C=O) groups is 1. The summed E-state index contributed by atoms with van der Waals surface area (Å²) in [6, 6.07) is 14.1. The molecule has 32 heavy (non-hydrogen) atoms. The number of anilines is 2. The SMILES string of the molecule is COc1ccc(Cl)cc1NC(=O)c1ccc2c(c1)C[C@@H](C)N2S(=O)(=O)c1ccc(F)cc1. The highest BCUT2D eigenvalue weighted by atomic mass is 35.5. The number of fused-ring (bicyclic) bond motifs is 1. The Kier molecular flexibility index (Phi) is 5.83. The number of methoxy groups -OCH3 is 1. The van der Waals surface area contributed by atoms with Crippen LogP contribution < -0.4 is 14.4 Å². The molecule has 1 N–H and O–H groups in total. The monoisotopic (exact) mass is 474 g/mol. The molecule has 0 radical (unpaired) electrons. The number of hydrogen-bond acceptors (Lipinski definition) is 4. The summed E-state index contributed by atoms with van der Waals surface area (Å²) in [4.78, 5) is 12.8. The normalized spacial score (nSPS) is 15.4. The minimum absolute atomic E-state index is 0.00784. The van der Waals surface area contributed by atoms with Crippen molar-refractivity contribution in [2.24, 2.45) is 0 Å². The van der Waals surface area contributed by atoms with Crippen molar-refractivity contribution in [3.8, 4) is 5.75 Å². The minimum Gasteiger partial charge on any atom is -0.495 e. The molecule has 4 rings (SSSR count). The molecule has 1 aliphatic rings. The molecule has 1 aliphatic heterocycles. The van der Waals surface area contributed by atoms with Crippen LogP contribution in [0.3, 0.4) is 0 Å². The van der Waals surface area contributed by atoms with Crippen LogP contribution in [0, 0.1) is 5.82 Å². The maximum atomic E-state index is 13.3. The second-order valence-electron chi connectivity index (χ2n) is 7.45. The number of rotatable bonds is 5. The van der Waals surface area contributed by atoms with Crippen LogP contribution in [0.4, 0.5) is 15.8 Å². The van der Waals surface area contributed by atoms with Gasteiger partial charge in [0.05, 0.1) is 23.4 Å². The van der Waals surface area contributed by atoms with E-state index in [1.54, 1.807) is 43.3 Å². The van der Waals surface area contributed by atoms with E-state index in [4.69, 9.17) is 16.3 Å². The van der Waals surface area contributed by atoms with E-state index in [0.717, 1.165) is 17.7 Å². The Labute approximate surface area is 190 Å². The first kappa shape index (κ1) is 22.1. The fourth-order valence-corrected chi connectivity index (χ4v) is 5.67. The first-order chi connectivity index (χ1) is 15.2. The number of carbonyl (C=O) groups excluding carboxylic acids is 1. The maximum absolute atomic E-state index is 13.3. The predicted octanol–water partition coefficient (Wildman–Crippen LogP) is 4.88. The molecule has 0 saturated heterocycles. The number of benzene rings is 3. The van der Waals surface area contributed by atoms with E-state index < -0.39 is 15.8 Å². The summed E-state index contributed by atoms with van der Waals surface area (Å²) in [5.74, 6) is -0.416. The molecule has 0 bridgehead atoms. The average Bonchev–Trinajstić information content (AvgIpc) is 3.09. The Morgan fingerprint density at radius 2 is 1.84 bits per heavy atom. The zero-order valence-electron chi connectivity index (χ0n) is 17.3. The smallest absolute Gasteiger partial charge is 0.264 e. The third-order valence-electron chi connectivity index (χ3n) is 5.27. The van der Waals surface area contributed by atoms with Crippen LogP contribution in [0.2, 0.25) is 5.02 Å². The Bertz CT molecular complexity index is 1300. The van der Waals surface area contributed by atoms with Gasteiger partial charge in [0.25, 0.3) is 15.9 Å². The van der Waals surface area contributed by atoms with E-state index in [-0.39, 0.29) is 16.8 Å². The summed E-state index contributed by atoms with van der Waals surface area (Å²) in [6.45, 7) is 1.79. The molecule has 0 saturated carbocycles. The van der Waals surface area contributed by atoms with Gasteiger partial charge in [-0.1, -0.05) is 11.6 Å². The molecular formula is C23H20ClFN2O4S. The minimum atomic E-state index is -3.88. The molecule has 0 fully saturated rings. The lowest BCUT2D eigenvalue weighted by atomic mass is 10.1. The predicted molar refractivity (Wildman–Crippen MR) is 122 cm³/mol. The van der Waals surface area contributed by atoms with Crippen LogP contribution in [-0.4, -0.2) is 27.5 Å². The van der Waals surface area contributed by atoms with Crippen LogP contribution in [-0.2, 0) is 16.4 Å². The zero-order chi connectivity index (χ0) is 23.0. The van der Waals surface area contributed by atoms with Crippen molar-refractivity contribution < 1.29 is 22.3 Å². The fraction of sp³-hybridized carbons (Fsp3) is 0.174. The summed E-state index contributed by atoms with van der Waals surface area (Å²) in [5.41, 5.74) is 2.03. The summed E-state index contributed by atoms with van der Waals surface area (Å²) in [6.07, 6.45) is 0.442. The van der Waals surface area contributed by atoms with Crippen molar-refractivity contribution in [2.75, 3.05) is 16.7 Å². The number of hydrogen-bond donors (Lipinski definition) is 1. The summed E-state index contributed by atoms with van der Waals surface area (Å²) in [5, 5.41) is 3.23. The summed E-state index contributed by atoms with van der Waals surface area (Å²) < 4.78 is 46.2. The van der Waals surface area contributed by atoms with E-state index in [1.165, 1.54) is 23.5 Å². The van der Waals surface area contributed by atoms with Crippen molar-refractivity contribution >= 4 is 38.9 Å². The Hall–Kier alpha value is -3.10. The van der Waals surface area contributed by atoms with Gasteiger partial charge < -0.3 is 10.1 Å². The molecule has 0 unspecified atom stereocenters. The number of sulfonamides is 1. The van der Waals surface area contributed by atoms with Crippen molar-refractivity contribution in [1.29, 1.82) is 0 Å². The van der Waals surface area contributed by atoms with Gasteiger partial charge >= 0.3 is 0 Å². The van der Waals surface area contributed by atoms with Crippen molar-refractivity contribution in [1.82, 2.24) is 0 Å². The number of ether oxygens (including phenoxy) is 1. The van der Waals surface area contributed by atoms with Gasteiger partial charge in [-0.25, -0.2) is 12.8 Å². The molecule has 3 aromatic carbocycles. The maximum Gasteiger partial charge on any atom is 0.264 e. The molecule has 1 heterocycles. The third-order valence-corrected chi connectivity index (χ3v) is 7.45. The van der Waals surface area contributed by atoms with E-state index >= 15 is 0 Å². The largest absolute Gasteiger partial charge is 0.495 e. The molecule has 9 heteroatoms. The number of nitrogens with one attached hydrogen (secondary N) is 1. The molecular weight excluding hydrogens is 455 g/mol. The Morgan fingerprint density at radius 1 is 1.12 bits per heavy atom. The molecule has 1 amide bonds.